The van der Waals surface area contributed by atoms with Crippen LogP contribution in [0.4, 0.5) is 0 Å². The van der Waals surface area contributed by atoms with Crippen LogP contribution < -0.4 is 0 Å². The Balaban J connectivity index is 2.16. The number of hydrogen-bond donors (Lipinski definition) is 0. The highest BCUT2D eigenvalue weighted by Gasteiger charge is 2.41. The van der Waals surface area contributed by atoms with E-state index in [0.717, 1.165) is 0 Å². The van der Waals surface area contributed by atoms with Gasteiger partial charge in [-0.1, -0.05) is 42.0 Å². The lowest BCUT2D eigenvalue weighted by Crippen LogP contribution is -2.23. The monoisotopic (exact) mass is 170 g/mol. The van der Waals surface area contributed by atoms with Crippen LogP contribution in [0.2, 0.25) is 0 Å². The van der Waals surface area contributed by atoms with Gasteiger partial charge in [-0.25, -0.2) is 0 Å². The van der Waals surface area contributed by atoms with Crippen LogP contribution in [0.1, 0.15) is 25.7 Å². The molecule has 3 rings (SSSR count). The van der Waals surface area contributed by atoms with Gasteiger partial charge in [-0.05, 0) is 31.3 Å². The van der Waals surface area contributed by atoms with Crippen LogP contribution in [-0.4, -0.2) is 0 Å². The first-order valence-corrected chi connectivity index (χ1v) is 5.17. The van der Waals surface area contributed by atoms with E-state index in [1.807, 2.05) is 0 Å². The summed E-state index contributed by atoms with van der Waals surface area (Å²) in [6, 6.07) is 0. The molecule has 0 aromatic heterocycles. The molecule has 0 nitrogen and oxygen atoms in total. The molecule has 3 aliphatic carbocycles. The van der Waals surface area contributed by atoms with E-state index in [2.05, 4.69) is 36.5 Å². The van der Waals surface area contributed by atoms with E-state index in [4.69, 9.17) is 0 Å². The maximum Gasteiger partial charge on any atom is 0.0199 e. The van der Waals surface area contributed by atoms with Crippen molar-refractivity contribution in [3.05, 3.63) is 47.6 Å². The van der Waals surface area contributed by atoms with Crippen LogP contribution >= 0.6 is 0 Å². The zero-order valence-electron chi connectivity index (χ0n) is 7.79. The molecule has 13 heavy (non-hydrogen) atoms. The Morgan fingerprint density at radius 1 is 1.15 bits per heavy atom. The van der Waals surface area contributed by atoms with Crippen molar-refractivity contribution in [2.45, 2.75) is 25.7 Å². The predicted molar refractivity (Wildman–Crippen MR) is 55.3 cm³/mol. The molecule has 0 aromatic carbocycles. The summed E-state index contributed by atoms with van der Waals surface area (Å²) in [7, 11) is 0. The van der Waals surface area contributed by atoms with Gasteiger partial charge in [0.15, 0.2) is 0 Å². The van der Waals surface area contributed by atoms with Crippen molar-refractivity contribution in [3.8, 4) is 0 Å². The van der Waals surface area contributed by atoms with Crippen LogP contribution in [-0.2, 0) is 0 Å². The summed E-state index contributed by atoms with van der Waals surface area (Å²) in [5.41, 5.74) is 3.65. The second-order valence-electron chi connectivity index (χ2n) is 4.24. The molecule has 3 aliphatic rings. The first-order chi connectivity index (χ1) is 6.42. The van der Waals surface area contributed by atoms with Crippen molar-refractivity contribution in [1.82, 2.24) is 0 Å². The highest BCUT2D eigenvalue weighted by molar-refractivity contribution is 5.49. The summed E-state index contributed by atoms with van der Waals surface area (Å²) < 4.78 is 0. The quantitative estimate of drug-likeness (QED) is 0.521. The summed E-state index contributed by atoms with van der Waals surface area (Å²) in [6.45, 7) is 0. The fraction of sp³-hybridized carbons (Fsp3) is 0.385. The standard InChI is InChI=1S/C13H14/c1-2-9-13-10-4-8-12(13)7-3-6-11(13)5-1/h1-3,5-7H,4,8-10H2. The van der Waals surface area contributed by atoms with Crippen LogP contribution in [0.5, 0.6) is 0 Å². The van der Waals surface area contributed by atoms with Gasteiger partial charge < -0.3 is 0 Å². The maximum absolute atomic E-state index is 2.34. The molecule has 0 N–H and O–H groups in total. The lowest BCUT2D eigenvalue weighted by Gasteiger charge is -2.35. The summed E-state index contributed by atoms with van der Waals surface area (Å²) in [5.74, 6) is 0. The first kappa shape index (κ1) is 7.37. The van der Waals surface area contributed by atoms with E-state index in [-0.39, 0.29) is 0 Å². The highest BCUT2D eigenvalue weighted by Crippen LogP contribution is 2.54. The average Bonchev–Trinajstić information content (AvgIpc) is 2.58. The molecule has 0 saturated heterocycles. The van der Waals surface area contributed by atoms with E-state index in [9.17, 15) is 0 Å². The Hall–Kier alpha value is -1.04. The molecule has 1 spiro atoms. The minimum absolute atomic E-state index is 0.434. The van der Waals surface area contributed by atoms with Crippen molar-refractivity contribution in [2.75, 3.05) is 0 Å². The first-order valence-electron chi connectivity index (χ1n) is 5.17. The third kappa shape index (κ3) is 0.861. The van der Waals surface area contributed by atoms with Gasteiger partial charge in [-0.2, -0.15) is 0 Å². The fourth-order valence-corrected chi connectivity index (χ4v) is 2.99. The topological polar surface area (TPSA) is 0 Å². The normalized spacial score (nSPS) is 35.1. The molecule has 0 heterocycles. The van der Waals surface area contributed by atoms with Gasteiger partial charge in [0.1, 0.15) is 0 Å². The molecule has 0 aromatic rings. The summed E-state index contributed by atoms with van der Waals surface area (Å²) in [5, 5.41) is 0. The van der Waals surface area contributed by atoms with E-state index < -0.39 is 0 Å². The zero-order valence-corrected chi connectivity index (χ0v) is 7.79. The molecular weight excluding hydrogens is 156 g/mol. The van der Waals surface area contributed by atoms with Crippen molar-refractivity contribution < 1.29 is 0 Å². The SMILES string of the molecule is C1=CCC23CCCC2=CC=CC3=C1. The van der Waals surface area contributed by atoms with Crippen LogP contribution in [0.15, 0.2) is 47.6 Å². The van der Waals surface area contributed by atoms with Crippen LogP contribution in [0.3, 0.4) is 0 Å². The second-order valence-corrected chi connectivity index (χ2v) is 4.24. The molecule has 0 bridgehead atoms. The minimum Gasteiger partial charge on any atom is -0.0833 e. The van der Waals surface area contributed by atoms with E-state index in [0.29, 0.717) is 5.41 Å². The third-order valence-electron chi connectivity index (χ3n) is 3.67. The largest absolute Gasteiger partial charge is 0.0833 e. The maximum atomic E-state index is 2.34. The summed E-state index contributed by atoms with van der Waals surface area (Å²) in [4.78, 5) is 0. The van der Waals surface area contributed by atoms with Gasteiger partial charge in [0.25, 0.3) is 0 Å². The zero-order chi connectivity index (χ0) is 8.73. The van der Waals surface area contributed by atoms with Gasteiger partial charge in [0.2, 0.25) is 0 Å². The van der Waals surface area contributed by atoms with Gasteiger partial charge in [0.05, 0.1) is 0 Å². The van der Waals surface area contributed by atoms with E-state index >= 15 is 0 Å². The second kappa shape index (κ2) is 2.47. The van der Waals surface area contributed by atoms with Crippen molar-refractivity contribution in [1.29, 1.82) is 0 Å². The Labute approximate surface area is 79.3 Å². The number of hydrogen-bond acceptors (Lipinski definition) is 0. The molecule has 0 heteroatoms. The minimum atomic E-state index is 0.434. The molecular formula is C13H14. The molecule has 1 unspecified atom stereocenters. The fourth-order valence-electron chi connectivity index (χ4n) is 2.99. The molecule has 1 atom stereocenters. The molecule has 1 saturated carbocycles. The lowest BCUT2D eigenvalue weighted by molar-refractivity contribution is 0.451. The predicted octanol–water partition coefficient (Wildman–Crippen LogP) is 3.54. The number of allylic oxidation sites excluding steroid dienone is 8. The molecule has 1 fully saturated rings. The number of rotatable bonds is 0. The molecule has 0 aliphatic heterocycles. The van der Waals surface area contributed by atoms with E-state index in [1.165, 1.54) is 25.7 Å². The Kier molecular flexibility index (Phi) is 1.40. The highest BCUT2D eigenvalue weighted by atomic mass is 14.4. The average molecular weight is 170 g/mol. The third-order valence-corrected chi connectivity index (χ3v) is 3.67. The lowest BCUT2D eigenvalue weighted by atomic mass is 9.69. The molecule has 0 amide bonds. The Morgan fingerprint density at radius 3 is 3.15 bits per heavy atom. The summed E-state index contributed by atoms with van der Waals surface area (Å²) >= 11 is 0. The Bertz CT molecular complexity index is 352. The van der Waals surface area contributed by atoms with Crippen LogP contribution in [0, 0.1) is 5.41 Å². The molecule has 0 radical (unpaired) electrons. The van der Waals surface area contributed by atoms with Gasteiger partial charge >= 0.3 is 0 Å². The van der Waals surface area contributed by atoms with Gasteiger partial charge in [0, 0.05) is 5.41 Å². The van der Waals surface area contributed by atoms with Crippen LogP contribution in [0.25, 0.3) is 0 Å². The van der Waals surface area contributed by atoms with E-state index in [1.54, 1.807) is 11.1 Å². The van der Waals surface area contributed by atoms with Gasteiger partial charge in [-0.15, -0.1) is 0 Å². The summed E-state index contributed by atoms with van der Waals surface area (Å²) in [6.07, 6.45) is 18.9. The molecule has 66 valence electrons. The van der Waals surface area contributed by atoms with Crippen molar-refractivity contribution in [3.63, 3.8) is 0 Å². The van der Waals surface area contributed by atoms with Crippen molar-refractivity contribution in [2.24, 2.45) is 5.41 Å². The van der Waals surface area contributed by atoms with Crippen molar-refractivity contribution >= 4 is 0 Å². The van der Waals surface area contributed by atoms with Gasteiger partial charge in [-0.3, -0.25) is 0 Å². The Morgan fingerprint density at radius 2 is 2.15 bits per heavy atom. The smallest absolute Gasteiger partial charge is 0.0199 e.